The average Bonchev–Trinajstić information content (AvgIpc) is 2.14. The topological polar surface area (TPSA) is 42.0 Å². The predicted molar refractivity (Wildman–Crippen MR) is 52.9 cm³/mol. The first kappa shape index (κ1) is 12.5. The molecule has 0 fully saturated rings. The summed E-state index contributed by atoms with van der Waals surface area (Å²) in [7, 11) is 0. The molecule has 0 aromatic carbocycles. The van der Waals surface area contributed by atoms with E-state index in [4.69, 9.17) is 0 Å². The molecule has 1 rings (SSSR count). The van der Waals surface area contributed by atoms with Gasteiger partial charge in [0.15, 0.2) is 0 Å². The first-order valence-electron chi connectivity index (χ1n) is 4.67. The fourth-order valence-corrected chi connectivity index (χ4v) is 1.07. The zero-order chi connectivity index (χ0) is 12.2. The largest absolute Gasteiger partial charge is 0.389 e. The van der Waals surface area contributed by atoms with E-state index in [-0.39, 0.29) is 5.82 Å². The van der Waals surface area contributed by atoms with Crippen molar-refractivity contribution in [2.45, 2.75) is 25.9 Å². The van der Waals surface area contributed by atoms with E-state index < -0.39 is 24.9 Å². The second-order valence-electron chi connectivity index (χ2n) is 3.33. The lowest BCUT2D eigenvalue weighted by atomic mass is 10.3. The van der Waals surface area contributed by atoms with Crippen molar-refractivity contribution in [3.8, 4) is 0 Å². The van der Waals surface area contributed by atoms with E-state index in [9.17, 15) is 18.0 Å². The minimum atomic E-state index is -4.31. The minimum absolute atomic E-state index is 0.271. The van der Waals surface area contributed by atoms with Crippen LogP contribution < -0.4 is 5.32 Å². The molecule has 0 unspecified atom stereocenters. The quantitative estimate of drug-likeness (QED) is 0.870. The lowest BCUT2D eigenvalue weighted by molar-refractivity contribution is -0.142. The molecule has 0 bridgehead atoms. The zero-order valence-corrected chi connectivity index (χ0v) is 8.64. The Hall–Kier alpha value is -1.59. The Morgan fingerprint density at radius 3 is 2.69 bits per heavy atom. The third-order valence-electron chi connectivity index (χ3n) is 1.79. The van der Waals surface area contributed by atoms with Crippen LogP contribution in [0.5, 0.6) is 0 Å². The number of halogens is 3. The lowest BCUT2D eigenvalue weighted by Crippen LogP contribution is -2.17. The van der Waals surface area contributed by atoms with Gasteiger partial charge in [-0.1, -0.05) is 6.07 Å². The van der Waals surface area contributed by atoms with Gasteiger partial charge < -0.3 is 5.32 Å². The second kappa shape index (κ2) is 4.96. The summed E-state index contributed by atoms with van der Waals surface area (Å²) >= 11 is 0. The summed E-state index contributed by atoms with van der Waals surface area (Å²) in [5.74, 6) is -0.414. The Balaban J connectivity index is 2.46. The molecule has 1 N–H and O–H groups in total. The highest BCUT2D eigenvalue weighted by Crippen LogP contribution is 2.21. The van der Waals surface area contributed by atoms with Crippen LogP contribution in [-0.2, 0) is 4.79 Å². The number of anilines is 1. The molecule has 0 aliphatic heterocycles. The smallest absolute Gasteiger partial charge is 0.311 e. The maximum absolute atomic E-state index is 11.8. The fraction of sp³-hybridized carbons (Fsp3) is 0.400. The molecule has 3 nitrogen and oxygen atoms in total. The van der Waals surface area contributed by atoms with E-state index in [0.717, 1.165) is 0 Å². The van der Waals surface area contributed by atoms with Crippen LogP contribution >= 0.6 is 0 Å². The molecular formula is C10H11F3N2O. The van der Waals surface area contributed by atoms with E-state index in [1.165, 1.54) is 6.07 Å². The standard InChI is InChI=1S/C10H11F3N2O/c1-7-3-2-4-8(14-7)15-9(16)5-6-10(11,12)13/h2-4H,5-6H2,1H3,(H,14,15,16). The van der Waals surface area contributed by atoms with Crippen LogP contribution in [0.2, 0.25) is 0 Å². The molecule has 1 aromatic heterocycles. The van der Waals surface area contributed by atoms with Crippen molar-refractivity contribution in [2.75, 3.05) is 5.32 Å². The highest BCUT2D eigenvalue weighted by atomic mass is 19.4. The monoisotopic (exact) mass is 232 g/mol. The van der Waals surface area contributed by atoms with Gasteiger partial charge in [-0.2, -0.15) is 13.2 Å². The van der Waals surface area contributed by atoms with Crippen LogP contribution in [0.25, 0.3) is 0 Å². The number of alkyl halides is 3. The molecule has 0 saturated carbocycles. The number of nitrogens with one attached hydrogen (secondary N) is 1. The molecule has 0 spiro atoms. The highest BCUT2D eigenvalue weighted by Gasteiger charge is 2.27. The maximum atomic E-state index is 11.8. The minimum Gasteiger partial charge on any atom is -0.311 e. The summed E-state index contributed by atoms with van der Waals surface area (Å²) < 4.78 is 35.5. The number of rotatable bonds is 3. The molecule has 0 saturated heterocycles. The molecule has 16 heavy (non-hydrogen) atoms. The molecule has 88 valence electrons. The third-order valence-corrected chi connectivity index (χ3v) is 1.79. The van der Waals surface area contributed by atoms with E-state index in [2.05, 4.69) is 10.3 Å². The summed E-state index contributed by atoms with van der Waals surface area (Å²) in [6, 6.07) is 4.92. The Labute approximate surface area is 90.7 Å². The molecule has 1 amide bonds. The van der Waals surface area contributed by atoms with E-state index >= 15 is 0 Å². The third kappa shape index (κ3) is 4.77. The van der Waals surface area contributed by atoms with Crippen LogP contribution in [0, 0.1) is 6.92 Å². The molecule has 1 aromatic rings. The molecular weight excluding hydrogens is 221 g/mol. The Bertz CT molecular complexity index is 377. The Morgan fingerprint density at radius 1 is 1.44 bits per heavy atom. The van der Waals surface area contributed by atoms with Crippen molar-refractivity contribution >= 4 is 11.7 Å². The summed E-state index contributed by atoms with van der Waals surface area (Å²) in [5.41, 5.74) is 0.689. The lowest BCUT2D eigenvalue weighted by Gasteiger charge is -2.07. The van der Waals surface area contributed by atoms with Crippen molar-refractivity contribution in [1.82, 2.24) is 4.98 Å². The SMILES string of the molecule is Cc1cccc(NC(=O)CCC(F)(F)F)n1. The Morgan fingerprint density at radius 2 is 2.12 bits per heavy atom. The van der Waals surface area contributed by atoms with Crippen molar-refractivity contribution in [1.29, 1.82) is 0 Å². The molecule has 6 heteroatoms. The second-order valence-corrected chi connectivity index (χ2v) is 3.33. The predicted octanol–water partition coefficient (Wildman–Crippen LogP) is 2.67. The summed E-state index contributed by atoms with van der Waals surface area (Å²) in [6.45, 7) is 1.73. The van der Waals surface area contributed by atoms with Gasteiger partial charge in [-0.05, 0) is 19.1 Å². The number of pyridine rings is 1. The first-order chi connectivity index (χ1) is 7.37. The number of aryl methyl sites for hydroxylation is 1. The van der Waals surface area contributed by atoms with Gasteiger partial charge in [0.1, 0.15) is 5.82 Å². The number of hydrogen-bond acceptors (Lipinski definition) is 2. The highest BCUT2D eigenvalue weighted by molar-refractivity contribution is 5.89. The number of carbonyl (C=O) groups excluding carboxylic acids is 1. The van der Waals surface area contributed by atoms with Gasteiger partial charge in [0, 0.05) is 12.1 Å². The van der Waals surface area contributed by atoms with E-state index in [1.54, 1.807) is 19.1 Å². The van der Waals surface area contributed by atoms with E-state index in [0.29, 0.717) is 5.69 Å². The summed E-state index contributed by atoms with van der Waals surface area (Å²) in [6.07, 6.45) is -6.01. The number of amides is 1. The maximum Gasteiger partial charge on any atom is 0.389 e. The van der Waals surface area contributed by atoms with Gasteiger partial charge in [0.05, 0.1) is 6.42 Å². The molecule has 1 heterocycles. The van der Waals surface area contributed by atoms with Crippen molar-refractivity contribution < 1.29 is 18.0 Å². The Kier molecular flexibility index (Phi) is 3.87. The van der Waals surface area contributed by atoms with Crippen molar-refractivity contribution in [2.24, 2.45) is 0 Å². The van der Waals surface area contributed by atoms with Gasteiger partial charge >= 0.3 is 6.18 Å². The first-order valence-corrected chi connectivity index (χ1v) is 4.67. The van der Waals surface area contributed by atoms with Crippen LogP contribution in [-0.4, -0.2) is 17.1 Å². The number of carbonyl (C=O) groups is 1. The fourth-order valence-electron chi connectivity index (χ4n) is 1.07. The average molecular weight is 232 g/mol. The number of nitrogens with zero attached hydrogens (tertiary/aromatic N) is 1. The zero-order valence-electron chi connectivity index (χ0n) is 8.64. The summed E-state index contributed by atoms with van der Waals surface area (Å²) in [5, 5.41) is 2.31. The van der Waals surface area contributed by atoms with Gasteiger partial charge in [-0.3, -0.25) is 4.79 Å². The molecule has 0 aliphatic rings. The summed E-state index contributed by atoms with van der Waals surface area (Å²) in [4.78, 5) is 15.1. The molecule has 0 aliphatic carbocycles. The van der Waals surface area contributed by atoms with Gasteiger partial charge in [0.2, 0.25) is 5.91 Å². The van der Waals surface area contributed by atoms with Crippen LogP contribution in [0.1, 0.15) is 18.5 Å². The number of aromatic nitrogens is 1. The molecule has 0 radical (unpaired) electrons. The molecule has 0 atom stereocenters. The van der Waals surface area contributed by atoms with Crippen LogP contribution in [0.15, 0.2) is 18.2 Å². The van der Waals surface area contributed by atoms with Crippen LogP contribution in [0.4, 0.5) is 19.0 Å². The van der Waals surface area contributed by atoms with Crippen molar-refractivity contribution in [3.63, 3.8) is 0 Å². The van der Waals surface area contributed by atoms with Gasteiger partial charge in [-0.25, -0.2) is 4.98 Å². The number of hydrogen-bond donors (Lipinski definition) is 1. The van der Waals surface area contributed by atoms with E-state index in [1.807, 2.05) is 0 Å². The normalized spacial score (nSPS) is 11.2. The van der Waals surface area contributed by atoms with Gasteiger partial charge in [0.25, 0.3) is 0 Å². The van der Waals surface area contributed by atoms with Gasteiger partial charge in [-0.15, -0.1) is 0 Å². The van der Waals surface area contributed by atoms with Crippen molar-refractivity contribution in [3.05, 3.63) is 23.9 Å². The van der Waals surface area contributed by atoms with Crippen LogP contribution in [0.3, 0.4) is 0 Å².